The van der Waals surface area contributed by atoms with Gasteiger partial charge in [-0.3, -0.25) is 4.79 Å². The van der Waals surface area contributed by atoms with E-state index in [2.05, 4.69) is 30.1 Å². The molecule has 0 atom stereocenters. The highest BCUT2D eigenvalue weighted by Crippen LogP contribution is 2.51. The Morgan fingerprint density at radius 3 is 2.89 bits per heavy atom. The molecule has 3 heteroatoms. The molecule has 0 unspecified atom stereocenters. The summed E-state index contributed by atoms with van der Waals surface area (Å²) in [5.41, 5.74) is 3.88. The van der Waals surface area contributed by atoms with Crippen molar-refractivity contribution < 1.29 is 9.90 Å². The molecule has 0 spiro atoms. The summed E-state index contributed by atoms with van der Waals surface area (Å²) in [6.07, 6.45) is 4.64. The Morgan fingerprint density at radius 1 is 1.44 bits per heavy atom. The SMILES string of the molecule is CN1CCCc2cc(C3(CC(=O)O)CC3)ccc21. The summed E-state index contributed by atoms with van der Waals surface area (Å²) in [4.78, 5) is 13.3. The molecule has 0 saturated heterocycles. The van der Waals surface area contributed by atoms with Crippen LogP contribution >= 0.6 is 0 Å². The van der Waals surface area contributed by atoms with Crippen molar-refractivity contribution in [2.45, 2.75) is 37.5 Å². The van der Waals surface area contributed by atoms with Crippen LogP contribution in [-0.4, -0.2) is 24.7 Å². The molecule has 2 aliphatic rings. The lowest BCUT2D eigenvalue weighted by Gasteiger charge is -2.28. The van der Waals surface area contributed by atoms with E-state index in [-0.39, 0.29) is 11.8 Å². The van der Waals surface area contributed by atoms with Gasteiger partial charge in [-0.2, -0.15) is 0 Å². The van der Waals surface area contributed by atoms with Crippen LogP contribution in [0.4, 0.5) is 5.69 Å². The second-order valence-corrected chi connectivity index (χ2v) is 5.72. The van der Waals surface area contributed by atoms with Gasteiger partial charge >= 0.3 is 5.97 Å². The fraction of sp³-hybridized carbons (Fsp3) is 0.533. The Balaban J connectivity index is 1.93. The van der Waals surface area contributed by atoms with Gasteiger partial charge in [-0.1, -0.05) is 12.1 Å². The van der Waals surface area contributed by atoms with E-state index in [0.29, 0.717) is 0 Å². The maximum Gasteiger partial charge on any atom is 0.304 e. The van der Waals surface area contributed by atoms with Crippen molar-refractivity contribution in [1.82, 2.24) is 0 Å². The lowest BCUT2D eigenvalue weighted by molar-refractivity contribution is -0.137. The molecule has 0 aromatic heterocycles. The summed E-state index contributed by atoms with van der Waals surface area (Å²) in [5.74, 6) is -0.678. The van der Waals surface area contributed by atoms with Crippen LogP contribution in [0.2, 0.25) is 0 Å². The van der Waals surface area contributed by atoms with Crippen molar-refractivity contribution in [3.05, 3.63) is 29.3 Å². The highest BCUT2D eigenvalue weighted by Gasteiger charge is 2.46. The van der Waals surface area contributed by atoms with Crippen molar-refractivity contribution in [3.63, 3.8) is 0 Å². The monoisotopic (exact) mass is 245 g/mol. The number of aryl methyl sites for hydroxylation is 1. The van der Waals surface area contributed by atoms with Gasteiger partial charge in [0.1, 0.15) is 0 Å². The van der Waals surface area contributed by atoms with Crippen LogP contribution in [0.1, 0.15) is 36.8 Å². The zero-order valence-corrected chi connectivity index (χ0v) is 10.8. The van der Waals surface area contributed by atoms with Gasteiger partial charge in [0, 0.05) is 24.7 Å². The maximum atomic E-state index is 11.0. The molecule has 1 aliphatic heterocycles. The van der Waals surface area contributed by atoms with Crippen LogP contribution in [0.25, 0.3) is 0 Å². The molecule has 1 aromatic rings. The average Bonchev–Trinajstić information content (AvgIpc) is 3.09. The minimum absolute atomic E-state index is 0.0586. The van der Waals surface area contributed by atoms with E-state index in [4.69, 9.17) is 5.11 Å². The maximum absolute atomic E-state index is 11.0. The fourth-order valence-corrected chi connectivity index (χ4v) is 3.12. The quantitative estimate of drug-likeness (QED) is 0.889. The Bertz CT molecular complexity index is 491. The number of rotatable bonds is 3. The minimum Gasteiger partial charge on any atom is -0.481 e. The summed E-state index contributed by atoms with van der Waals surface area (Å²) in [6, 6.07) is 6.56. The van der Waals surface area contributed by atoms with E-state index in [1.54, 1.807) is 0 Å². The van der Waals surface area contributed by atoms with Crippen LogP contribution in [0.5, 0.6) is 0 Å². The minimum atomic E-state index is -0.678. The van der Waals surface area contributed by atoms with Gasteiger partial charge < -0.3 is 10.0 Å². The normalized spacial score (nSPS) is 20.4. The van der Waals surface area contributed by atoms with Crippen LogP contribution < -0.4 is 4.90 Å². The van der Waals surface area contributed by atoms with Crippen molar-refractivity contribution in [1.29, 1.82) is 0 Å². The molecule has 3 nitrogen and oxygen atoms in total. The number of carbonyl (C=O) groups is 1. The number of hydrogen-bond donors (Lipinski definition) is 1. The molecule has 0 radical (unpaired) electrons. The molecule has 0 amide bonds. The first kappa shape index (κ1) is 11.6. The van der Waals surface area contributed by atoms with Gasteiger partial charge in [0.2, 0.25) is 0 Å². The van der Waals surface area contributed by atoms with E-state index < -0.39 is 5.97 Å². The first-order valence-corrected chi connectivity index (χ1v) is 6.67. The van der Waals surface area contributed by atoms with Crippen LogP contribution in [-0.2, 0) is 16.6 Å². The molecule has 1 aromatic carbocycles. The van der Waals surface area contributed by atoms with Crippen molar-refractivity contribution >= 4 is 11.7 Å². The highest BCUT2D eigenvalue weighted by atomic mass is 16.4. The second-order valence-electron chi connectivity index (χ2n) is 5.72. The molecule has 96 valence electrons. The molecule has 1 heterocycles. The summed E-state index contributed by atoms with van der Waals surface area (Å²) < 4.78 is 0. The van der Waals surface area contributed by atoms with Crippen LogP contribution in [0.3, 0.4) is 0 Å². The first-order chi connectivity index (χ1) is 8.61. The Labute approximate surface area is 107 Å². The molecular formula is C15H19NO2. The third-order valence-corrected chi connectivity index (χ3v) is 4.39. The third-order valence-electron chi connectivity index (χ3n) is 4.39. The van der Waals surface area contributed by atoms with Crippen molar-refractivity contribution in [2.75, 3.05) is 18.5 Å². The topological polar surface area (TPSA) is 40.5 Å². The summed E-state index contributed by atoms with van der Waals surface area (Å²) in [7, 11) is 2.13. The number of fused-ring (bicyclic) bond motifs is 1. The number of aliphatic carboxylic acids is 1. The second kappa shape index (κ2) is 4.01. The van der Waals surface area contributed by atoms with Gasteiger partial charge in [-0.25, -0.2) is 0 Å². The molecular weight excluding hydrogens is 226 g/mol. The third kappa shape index (κ3) is 1.88. The Morgan fingerprint density at radius 2 is 2.22 bits per heavy atom. The molecule has 0 bridgehead atoms. The largest absolute Gasteiger partial charge is 0.481 e. The van der Waals surface area contributed by atoms with Gasteiger partial charge in [-0.05, 0) is 42.9 Å². The molecule has 18 heavy (non-hydrogen) atoms. The fourth-order valence-electron chi connectivity index (χ4n) is 3.12. The summed E-state index contributed by atoms with van der Waals surface area (Å²) >= 11 is 0. The van der Waals surface area contributed by atoms with Gasteiger partial charge in [-0.15, -0.1) is 0 Å². The van der Waals surface area contributed by atoms with Crippen LogP contribution in [0.15, 0.2) is 18.2 Å². The molecule has 1 N–H and O–H groups in total. The molecule has 1 saturated carbocycles. The van der Waals surface area contributed by atoms with Gasteiger partial charge in [0.15, 0.2) is 0 Å². The molecule has 1 aliphatic carbocycles. The zero-order chi connectivity index (χ0) is 12.8. The van der Waals surface area contributed by atoms with Gasteiger partial charge in [0.05, 0.1) is 6.42 Å². The number of anilines is 1. The number of carboxylic acids is 1. The average molecular weight is 245 g/mol. The molecule has 3 rings (SSSR count). The zero-order valence-electron chi connectivity index (χ0n) is 10.8. The van der Waals surface area contributed by atoms with Crippen LogP contribution in [0, 0.1) is 0 Å². The van der Waals surface area contributed by atoms with Crippen molar-refractivity contribution in [3.8, 4) is 0 Å². The van der Waals surface area contributed by atoms with E-state index >= 15 is 0 Å². The first-order valence-electron chi connectivity index (χ1n) is 6.67. The highest BCUT2D eigenvalue weighted by molar-refractivity contribution is 5.70. The van der Waals surface area contributed by atoms with E-state index in [1.165, 1.54) is 23.2 Å². The van der Waals surface area contributed by atoms with E-state index in [0.717, 1.165) is 25.8 Å². The number of carboxylic acid groups (broad SMARTS) is 1. The Hall–Kier alpha value is -1.51. The number of benzene rings is 1. The standard InChI is InChI=1S/C15H19NO2/c1-16-8-2-3-11-9-12(4-5-13(11)16)15(6-7-15)10-14(17)18/h4-5,9H,2-3,6-8,10H2,1H3,(H,17,18). The van der Waals surface area contributed by atoms with Gasteiger partial charge in [0.25, 0.3) is 0 Å². The van der Waals surface area contributed by atoms with E-state index in [1.807, 2.05) is 0 Å². The van der Waals surface area contributed by atoms with E-state index in [9.17, 15) is 4.79 Å². The molecule has 1 fully saturated rings. The van der Waals surface area contributed by atoms with Crippen molar-refractivity contribution in [2.24, 2.45) is 0 Å². The Kier molecular flexibility index (Phi) is 2.58. The lowest BCUT2D eigenvalue weighted by atomic mass is 9.89. The summed E-state index contributed by atoms with van der Waals surface area (Å²) in [6.45, 7) is 1.12. The summed E-state index contributed by atoms with van der Waals surface area (Å²) in [5, 5.41) is 9.02. The number of hydrogen-bond acceptors (Lipinski definition) is 2. The predicted molar refractivity (Wildman–Crippen MR) is 71.2 cm³/mol. The predicted octanol–water partition coefficient (Wildman–Crippen LogP) is 2.58. The number of nitrogens with zero attached hydrogens (tertiary/aromatic N) is 1. The smallest absolute Gasteiger partial charge is 0.304 e. The lowest BCUT2D eigenvalue weighted by Crippen LogP contribution is -2.25.